The van der Waals surface area contributed by atoms with Crippen molar-refractivity contribution in [2.24, 2.45) is 10.7 Å². The van der Waals surface area contributed by atoms with Gasteiger partial charge in [-0.05, 0) is 62.9 Å². The molecule has 164 valence electrons. The number of nitrogens with zero attached hydrogens (tertiary/aromatic N) is 2. The zero-order chi connectivity index (χ0) is 22.4. The second-order valence-electron chi connectivity index (χ2n) is 7.91. The fourth-order valence-electron chi connectivity index (χ4n) is 4.29. The number of rotatable bonds is 3. The molecule has 1 unspecified atom stereocenters. The van der Waals surface area contributed by atoms with Gasteiger partial charge in [0, 0.05) is 11.3 Å². The summed E-state index contributed by atoms with van der Waals surface area (Å²) in [5, 5.41) is 2.45. The Labute approximate surface area is 175 Å². The van der Waals surface area contributed by atoms with Crippen molar-refractivity contribution in [3.63, 3.8) is 0 Å². The number of hydrogen-bond acceptors (Lipinski definition) is 5. The molecule has 1 saturated carbocycles. The van der Waals surface area contributed by atoms with Crippen LogP contribution in [-0.2, 0) is 10.3 Å². The molecular weight excluding hydrogens is 416 g/mol. The first-order chi connectivity index (χ1) is 14.6. The molecule has 1 amide bonds. The van der Waals surface area contributed by atoms with Gasteiger partial charge in [0.1, 0.15) is 17.3 Å². The van der Waals surface area contributed by atoms with Crippen LogP contribution in [0.15, 0.2) is 41.5 Å². The summed E-state index contributed by atoms with van der Waals surface area (Å²) in [4.78, 5) is 19.8. The largest absolute Gasteiger partial charge is 0.452 e. The van der Waals surface area contributed by atoms with Crippen LogP contribution in [0.5, 0.6) is 0 Å². The van der Waals surface area contributed by atoms with E-state index in [2.05, 4.69) is 15.3 Å². The van der Waals surface area contributed by atoms with Crippen molar-refractivity contribution in [1.29, 1.82) is 0 Å². The van der Waals surface area contributed by atoms with Gasteiger partial charge < -0.3 is 15.8 Å². The first-order valence-corrected chi connectivity index (χ1v) is 9.73. The molecule has 2 aliphatic rings. The number of nitrogens with two attached hydrogens (primary N) is 1. The Morgan fingerprint density at radius 1 is 1.16 bits per heavy atom. The lowest BCUT2D eigenvalue weighted by Gasteiger charge is -2.48. The Bertz CT molecular complexity index is 1050. The number of aromatic nitrogens is 1. The summed E-state index contributed by atoms with van der Waals surface area (Å²) < 4.78 is 64.7. The fraction of sp³-hybridized carbons (Fsp3) is 0.381. The predicted molar refractivity (Wildman–Crippen MR) is 105 cm³/mol. The summed E-state index contributed by atoms with van der Waals surface area (Å²) in [6.45, 7) is 1.11. The number of ether oxygens (including phenoxy) is 1. The average Bonchev–Trinajstić information content (AvgIpc) is 3.18. The SMILES string of the molecule is CC1(c2cc(NC(=O)c3ccc(F)cn3)ccc2F)N=C(N)OC2(CCCC2)C1(F)F. The number of pyridine rings is 1. The van der Waals surface area contributed by atoms with Crippen LogP contribution >= 0.6 is 0 Å². The van der Waals surface area contributed by atoms with Crippen LogP contribution in [0.4, 0.5) is 23.2 Å². The smallest absolute Gasteiger partial charge is 0.315 e. The van der Waals surface area contributed by atoms with Crippen LogP contribution in [0.25, 0.3) is 0 Å². The monoisotopic (exact) mass is 436 g/mol. The zero-order valence-electron chi connectivity index (χ0n) is 16.6. The van der Waals surface area contributed by atoms with Crippen LogP contribution in [0.2, 0.25) is 0 Å². The second kappa shape index (κ2) is 7.21. The van der Waals surface area contributed by atoms with Crippen LogP contribution in [0.3, 0.4) is 0 Å². The zero-order valence-corrected chi connectivity index (χ0v) is 16.6. The Hall–Kier alpha value is -3.17. The van der Waals surface area contributed by atoms with E-state index in [1.807, 2.05) is 0 Å². The lowest BCUT2D eigenvalue weighted by molar-refractivity contribution is -0.220. The van der Waals surface area contributed by atoms with Gasteiger partial charge in [-0.2, -0.15) is 8.78 Å². The number of nitrogens with one attached hydrogen (secondary N) is 1. The van der Waals surface area contributed by atoms with Gasteiger partial charge in [-0.25, -0.2) is 18.8 Å². The van der Waals surface area contributed by atoms with Gasteiger partial charge in [0.25, 0.3) is 11.9 Å². The summed E-state index contributed by atoms with van der Waals surface area (Å²) in [7, 11) is 0. The van der Waals surface area contributed by atoms with Crippen LogP contribution < -0.4 is 11.1 Å². The predicted octanol–water partition coefficient (Wildman–Crippen LogP) is 4.12. The molecule has 6 nitrogen and oxygen atoms in total. The Morgan fingerprint density at radius 3 is 2.52 bits per heavy atom. The Balaban J connectivity index is 1.73. The number of anilines is 1. The maximum Gasteiger partial charge on any atom is 0.315 e. The normalized spacial score (nSPS) is 23.8. The van der Waals surface area contributed by atoms with Crippen molar-refractivity contribution in [1.82, 2.24) is 4.98 Å². The van der Waals surface area contributed by atoms with Gasteiger partial charge in [0.05, 0.1) is 6.20 Å². The van der Waals surface area contributed by atoms with Crippen LogP contribution in [0, 0.1) is 11.6 Å². The molecule has 1 spiro atoms. The van der Waals surface area contributed by atoms with Crippen molar-refractivity contribution >= 4 is 17.6 Å². The molecule has 2 heterocycles. The number of hydrogen-bond donors (Lipinski definition) is 2. The molecule has 1 fully saturated rings. The van der Waals surface area contributed by atoms with Gasteiger partial charge in [0.15, 0.2) is 11.1 Å². The topological polar surface area (TPSA) is 89.6 Å². The van der Waals surface area contributed by atoms with E-state index in [1.54, 1.807) is 0 Å². The van der Waals surface area contributed by atoms with Crippen molar-refractivity contribution in [2.45, 2.75) is 49.7 Å². The highest BCUT2D eigenvalue weighted by atomic mass is 19.3. The molecule has 4 rings (SSSR count). The number of amides is 1. The van der Waals surface area contributed by atoms with E-state index in [0.717, 1.165) is 37.4 Å². The quantitative estimate of drug-likeness (QED) is 0.709. The minimum Gasteiger partial charge on any atom is -0.452 e. The number of aliphatic imine (C=N–C) groups is 1. The van der Waals surface area contributed by atoms with Crippen molar-refractivity contribution in [3.8, 4) is 0 Å². The van der Waals surface area contributed by atoms with E-state index in [9.17, 15) is 13.6 Å². The molecule has 10 heteroatoms. The highest BCUT2D eigenvalue weighted by molar-refractivity contribution is 6.02. The number of amidine groups is 1. The lowest BCUT2D eigenvalue weighted by atomic mass is 9.74. The number of carbonyl (C=O) groups is 1. The van der Waals surface area contributed by atoms with Crippen LogP contribution in [-0.4, -0.2) is 28.4 Å². The molecule has 0 saturated heterocycles. The van der Waals surface area contributed by atoms with Gasteiger partial charge in [-0.15, -0.1) is 0 Å². The molecule has 1 atom stereocenters. The number of benzene rings is 1. The third-order valence-electron chi connectivity index (χ3n) is 5.94. The summed E-state index contributed by atoms with van der Waals surface area (Å²) in [6, 6.07) is 5.07. The summed E-state index contributed by atoms with van der Waals surface area (Å²) in [5.74, 6) is -5.82. The number of alkyl halides is 2. The average molecular weight is 436 g/mol. The van der Waals surface area contributed by atoms with E-state index in [-0.39, 0.29) is 24.2 Å². The molecule has 3 N–H and O–H groups in total. The molecule has 0 radical (unpaired) electrons. The first kappa shape index (κ1) is 21.1. The third kappa shape index (κ3) is 3.30. The molecule has 1 aliphatic carbocycles. The Morgan fingerprint density at radius 2 is 1.87 bits per heavy atom. The first-order valence-electron chi connectivity index (χ1n) is 9.73. The number of halogens is 4. The minimum atomic E-state index is -3.57. The minimum absolute atomic E-state index is 0.0466. The van der Waals surface area contributed by atoms with E-state index in [4.69, 9.17) is 10.5 Å². The Kier molecular flexibility index (Phi) is 4.90. The molecule has 2 aromatic rings. The van der Waals surface area contributed by atoms with E-state index < -0.39 is 46.2 Å². The lowest BCUT2D eigenvalue weighted by Crippen LogP contribution is -2.64. The summed E-state index contributed by atoms with van der Waals surface area (Å²) in [6.07, 6.45) is 2.07. The molecular formula is C21H20F4N4O2. The van der Waals surface area contributed by atoms with Gasteiger partial charge in [-0.3, -0.25) is 4.79 Å². The summed E-state index contributed by atoms with van der Waals surface area (Å²) >= 11 is 0. The van der Waals surface area contributed by atoms with Crippen molar-refractivity contribution < 1.29 is 27.1 Å². The van der Waals surface area contributed by atoms with Crippen molar-refractivity contribution in [3.05, 3.63) is 59.4 Å². The molecule has 1 aromatic heterocycles. The third-order valence-corrected chi connectivity index (χ3v) is 5.94. The van der Waals surface area contributed by atoms with Gasteiger partial charge in [0.2, 0.25) is 0 Å². The number of carbonyl (C=O) groups excluding carboxylic acids is 1. The molecule has 1 aliphatic heterocycles. The highest BCUT2D eigenvalue weighted by Crippen LogP contribution is 2.57. The molecule has 0 bridgehead atoms. The van der Waals surface area contributed by atoms with Gasteiger partial charge in [-0.1, -0.05) is 0 Å². The summed E-state index contributed by atoms with van der Waals surface area (Å²) in [5.41, 5.74) is 1.05. The van der Waals surface area contributed by atoms with E-state index >= 15 is 8.78 Å². The second-order valence-corrected chi connectivity index (χ2v) is 7.91. The highest BCUT2D eigenvalue weighted by Gasteiger charge is 2.70. The van der Waals surface area contributed by atoms with E-state index in [1.165, 1.54) is 6.07 Å². The maximum absolute atomic E-state index is 15.8. The van der Waals surface area contributed by atoms with Crippen LogP contribution in [0.1, 0.15) is 48.7 Å². The molecule has 1 aromatic carbocycles. The maximum atomic E-state index is 15.8. The van der Waals surface area contributed by atoms with Crippen molar-refractivity contribution in [2.75, 3.05) is 5.32 Å². The standard InChI is InChI=1S/C21H20F4N4O2/c1-19(21(24,25)20(8-2-3-9-20)31-18(26)29-19)14-10-13(5-6-15(14)23)28-17(30)16-7-4-12(22)11-27-16/h4-7,10-11H,2-3,8-9H2,1H3,(H2,26,29)(H,28,30). The van der Waals surface area contributed by atoms with Gasteiger partial charge >= 0.3 is 5.92 Å². The van der Waals surface area contributed by atoms with E-state index in [0.29, 0.717) is 12.8 Å². The molecule has 31 heavy (non-hydrogen) atoms. The fourth-order valence-corrected chi connectivity index (χ4v) is 4.29.